The number of nitrogens with one attached hydrogen (secondary N) is 1. The Morgan fingerprint density at radius 3 is 2.43 bits per heavy atom. The highest BCUT2D eigenvalue weighted by atomic mass is 35.5. The molecule has 4 nitrogen and oxygen atoms in total. The average Bonchev–Trinajstić information content (AvgIpc) is 3.02. The summed E-state index contributed by atoms with van der Waals surface area (Å²) in [6, 6.07) is 4.77. The van der Waals surface area contributed by atoms with Gasteiger partial charge < -0.3 is 10.4 Å². The van der Waals surface area contributed by atoms with Gasteiger partial charge in [0.05, 0.1) is 22.5 Å². The Labute approximate surface area is 131 Å². The van der Waals surface area contributed by atoms with Gasteiger partial charge in [0.15, 0.2) is 0 Å². The van der Waals surface area contributed by atoms with Gasteiger partial charge in [0, 0.05) is 5.02 Å². The lowest BCUT2D eigenvalue weighted by Gasteiger charge is -2.24. The number of allylic oxidation sites excluding steroid dienone is 2. The molecule has 2 aliphatic carbocycles. The average molecular weight is 326 g/mol. The number of amides is 1. The minimum absolute atomic E-state index is 0.0119. The number of benzene rings is 1. The molecule has 110 valence electrons. The van der Waals surface area contributed by atoms with Gasteiger partial charge in [-0.25, -0.2) is 0 Å². The molecule has 1 saturated carbocycles. The second kappa shape index (κ2) is 5.35. The molecule has 0 saturated heterocycles. The summed E-state index contributed by atoms with van der Waals surface area (Å²) in [5, 5.41) is 12.9. The van der Waals surface area contributed by atoms with Crippen LogP contribution in [-0.4, -0.2) is 17.0 Å². The number of carboxylic acid groups (broad SMARTS) is 1. The molecule has 2 bridgehead atoms. The van der Waals surface area contributed by atoms with Crippen LogP contribution in [0.15, 0.2) is 30.4 Å². The van der Waals surface area contributed by atoms with Gasteiger partial charge in [0.2, 0.25) is 5.91 Å². The van der Waals surface area contributed by atoms with Gasteiger partial charge in [-0.2, -0.15) is 0 Å². The molecule has 1 aromatic rings. The first-order valence-corrected chi connectivity index (χ1v) is 7.40. The van der Waals surface area contributed by atoms with Crippen molar-refractivity contribution < 1.29 is 14.7 Å². The second-order valence-corrected chi connectivity index (χ2v) is 6.30. The lowest BCUT2D eigenvalue weighted by molar-refractivity contribution is -0.146. The van der Waals surface area contributed by atoms with Gasteiger partial charge in [-0.1, -0.05) is 35.4 Å². The Hall–Kier alpha value is -1.52. The highest BCUT2D eigenvalue weighted by Crippen LogP contribution is 2.48. The standard InChI is InChI=1S/C15H13Cl2NO3/c16-9-3-4-11(10(17)6-9)18-14(19)12-7-1-2-8(5-7)13(12)15(20)21/h1-4,6-8,12-13H,5H2,(H,18,19)(H,20,21)/t7-,8-,12+,13-/m0/s1. The zero-order valence-corrected chi connectivity index (χ0v) is 12.4. The summed E-state index contributed by atoms with van der Waals surface area (Å²) in [6.07, 6.45) is 4.57. The van der Waals surface area contributed by atoms with E-state index in [1.807, 2.05) is 12.2 Å². The molecule has 0 radical (unpaired) electrons. The first-order chi connectivity index (χ1) is 9.97. The molecule has 4 atom stereocenters. The van der Waals surface area contributed by atoms with Crippen LogP contribution in [0, 0.1) is 23.7 Å². The maximum Gasteiger partial charge on any atom is 0.307 e. The minimum Gasteiger partial charge on any atom is -0.481 e. The minimum atomic E-state index is -0.922. The third-order valence-electron chi connectivity index (χ3n) is 4.24. The fraction of sp³-hybridized carbons (Fsp3) is 0.333. The molecule has 2 aliphatic rings. The number of carbonyl (C=O) groups excluding carboxylic acids is 1. The van der Waals surface area contributed by atoms with Gasteiger partial charge in [-0.3, -0.25) is 9.59 Å². The number of hydrogen-bond donors (Lipinski definition) is 2. The zero-order chi connectivity index (χ0) is 15.1. The molecule has 6 heteroatoms. The molecule has 0 unspecified atom stereocenters. The number of carbonyl (C=O) groups is 2. The molecule has 0 spiro atoms. The predicted molar refractivity (Wildman–Crippen MR) is 80.4 cm³/mol. The van der Waals surface area contributed by atoms with Crippen LogP contribution in [0.5, 0.6) is 0 Å². The topological polar surface area (TPSA) is 66.4 Å². The Balaban J connectivity index is 1.82. The van der Waals surface area contributed by atoms with E-state index < -0.39 is 17.8 Å². The number of halogens is 2. The molecule has 2 N–H and O–H groups in total. The van der Waals surface area contributed by atoms with Crippen LogP contribution in [0.1, 0.15) is 6.42 Å². The number of anilines is 1. The van der Waals surface area contributed by atoms with Gasteiger partial charge in [0.25, 0.3) is 0 Å². The van der Waals surface area contributed by atoms with Crippen LogP contribution in [-0.2, 0) is 9.59 Å². The highest BCUT2D eigenvalue weighted by molar-refractivity contribution is 6.36. The molecule has 0 aliphatic heterocycles. The maximum absolute atomic E-state index is 12.5. The van der Waals surface area contributed by atoms with Crippen LogP contribution in [0.4, 0.5) is 5.69 Å². The molecular weight excluding hydrogens is 313 g/mol. The fourth-order valence-corrected chi connectivity index (χ4v) is 3.78. The van der Waals surface area contributed by atoms with Crippen molar-refractivity contribution in [2.24, 2.45) is 23.7 Å². The van der Waals surface area contributed by atoms with Crippen LogP contribution in [0.3, 0.4) is 0 Å². The Kier molecular flexibility index (Phi) is 3.68. The number of rotatable bonds is 3. The molecule has 21 heavy (non-hydrogen) atoms. The fourth-order valence-electron chi connectivity index (χ4n) is 3.32. The number of aliphatic carboxylic acids is 1. The monoisotopic (exact) mass is 325 g/mol. The summed E-state index contributed by atoms with van der Waals surface area (Å²) < 4.78 is 0. The third kappa shape index (κ3) is 2.54. The summed E-state index contributed by atoms with van der Waals surface area (Å²) >= 11 is 11.8. The largest absolute Gasteiger partial charge is 0.481 e. The molecule has 1 amide bonds. The smallest absolute Gasteiger partial charge is 0.307 e. The van der Waals surface area contributed by atoms with E-state index in [9.17, 15) is 14.7 Å². The van der Waals surface area contributed by atoms with Gasteiger partial charge in [0.1, 0.15) is 0 Å². The van der Waals surface area contributed by atoms with Crippen molar-refractivity contribution in [2.45, 2.75) is 6.42 Å². The Morgan fingerprint density at radius 1 is 1.14 bits per heavy atom. The molecule has 0 aromatic heterocycles. The van der Waals surface area contributed by atoms with Crippen molar-refractivity contribution in [3.05, 3.63) is 40.4 Å². The maximum atomic E-state index is 12.5. The van der Waals surface area contributed by atoms with Crippen molar-refractivity contribution in [1.29, 1.82) is 0 Å². The third-order valence-corrected chi connectivity index (χ3v) is 4.78. The number of fused-ring (bicyclic) bond motifs is 2. The highest BCUT2D eigenvalue weighted by Gasteiger charge is 2.51. The zero-order valence-electron chi connectivity index (χ0n) is 10.9. The summed E-state index contributed by atoms with van der Waals surface area (Å²) in [6.45, 7) is 0. The van der Waals surface area contributed by atoms with Gasteiger partial charge in [-0.15, -0.1) is 0 Å². The van der Waals surface area contributed by atoms with Crippen LogP contribution in [0.2, 0.25) is 10.0 Å². The van der Waals surface area contributed by atoms with E-state index >= 15 is 0 Å². The van der Waals surface area contributed by atoms with Gasteiger partial charge in [-0.05, 0) is 36.5 Å². The van der Waals surface area contributed by atoms with Crippen molar-refractivity contribution in [3.8, 4) is 0 Å². The molecule has 0 heterocycles. The summed E-state index contributed by atoms with van der Waals surface area (Å²) in [5.74, 6) is -2.50. The lowest BCUT2D eigenvalue weighted by atomic mass is 9.82. The quantitative estimate of drug-likeness (QED) is 0.836. The SMILES string of the molecule is O=C(O)[C@@H]1[C@H](C(=O)Nc2ccc(Cl)cc2Cl)[C@H]2C=C[C@H]1C2. The summed E-state index contributed by atoms with van der Waals surface area (Å²) in [7, 11) is 0. The van der Waals surface area contributed by atoms with E-state index in [0.717, 1.165) is 6.42 Å². The Bertz CT molecular complexity index is 644. The normalized spacial score (nSPS) is 29.6. The van der Waals surface area contributed by atoms with E-state index in [1.54, 1.807) is 12.1 Å². The number of hydrogen-bond acceptors (Lipinski definition) is 2. The predicted octanol–water partition coefficient (Wildman–Crippen LogP) is 3.45. The second-order valence-electron chi connectivity index (χ2n) is 5.45. The summed E-state index contributed by atoms with van der Waals surface area (Å²) in [4.78, 5) is 23.9. The lowest BCUT2D eigenvalue weighted by Crippen LogP contribution is -2.36. The first-order valence-electron chi connectivity index (χ1n) is 6.64. The van der Waals surface area contributed by atoms with Crippen molar-refractivity contribution >= 4 is 40.8 Å². The molecule has 1 aromatic carbocycles. The van der Waals surface area contributed by atoms with Crippen molar-refractivity contribution in [3.63, 3.8) is 0 Å². The summed E-state index contributed by atoms with van der Waals surface area (Å²) in [5.41, 5.74) is 0.446. The molecule has 1 fully saturated rings. The molecule has 3 rings (SSSR count). The van der Waals surface area contributed by atoms with E-state index in [2.05, 4.69) is 5.32 Å². The van der Waals surface area contributed by atoms with Crippen molar-refractivity contribution in [1.82, 2.24) is 0 Å². The van der Waals surface area contributed by atoms with E-state index in [1.165, 1.54) is 6.07 Å². The van der Waals surface area contributed by atoms with E-state index in [4.69, 9.17) is 23.2 Å². The van der Waals surface area contributed by atoms with E-state index in [-0.39, 0.29) is 17.7 Å². The van der Waals surface area contributed by atoms with Crippen LogP contribution < -0.4 is 5.32 Å². The first kappa shape index (κ1) is 14.4. The number of carboxylic acids is 1. The van der Waals surface area contributed by atoms with Crippen LogP contribution >= 0.6 is 23.2 Å². The van der Waals surface area contributed by atoms with Crippen LogP contribution in [0.25, 0.3) is 0 Å². The molecular formula is C15H13Cl2NO3. The van der Waals surface area contributed by atoms with Gasteiger partial charge >= 0.3 is 5.97 Å². The Morgan fingerprint density at radius 2 is 1.81 bits per heavy atom. The van der Waals surface area contributed by atoms with Crippen molar-refractivity contribution in [2.75, 3.05) is 5.32 Å². The van der Waals surface area contributed by atoms with E-state index in [0.29, 0.717) is 15.7 Å².